The molecule has 0 aromatic heterocycles. The van der Waals surface area contributed by atoms with E-state index in [0.717, 1.165) is 31.1 Å². The first-order chi connectivity index (χ1) is 9.24. The maximum absolute atomic E-state index is 12.5. The molecule has 4 heteroatoms. The molecule has 0 aliphatic carbocycles. The van der Waals surface area contributed by atoms with Crippen LogP contribution in [0, 0.1) is 6.92 Å². The van der Waals surface area contributed by atoms with E-state index < -0.39 is 0 Å². The molecule has 0 atom stereocenters. The summed E-state index contributed by atoms with van der Waals surface area (Å²) in [6.45, 7) is 5.67. The van der Waals surface area contributed by atoms with Gasteiger partial charge in [-0.15, -0.1) is 11.8 Å². The number of carbonyl (C=O) groups is 1. The predicted octanol–water partition coefficient (Wildman–Crippen LogP) is 2.53. The highest BCUT2D eigenvalue weighted by molar-refractivity contribution is 7.99. The molecule has 19 heavy (non-hydrogen) atoms. The third kappa shape index (κ3) is 2.79. The second-order valence-electron chi connectivity index (χ2n) is 5.35. The lowest BCUT2D eigenvalue weighted by molar-refractivity contribution is -0.119. The average molecular weight is 276 g/mol. The minimum Gasteiger partial charge on any atom is -0.309 e. The van der Waals surface area contributed by atoms with E-state index in [2.05, 4.69) is 30.0 Å². The molecule has 1 fully saturated rings. The van der Waals surface area contributed by atoms with Gasteiger partial charge in [0.15, 0.2) is 0 Å². The predicted molar refractivity (Wildman–Crippen MR) is 79.9 cm³/mol. The number of rotatable bonds is 2. The van der Waals surface area contributed by atoms with Crippen molar-refractivity contribution in [2.24, 2.45) is 0 Å². The molecule has 2 aliphatic heterocycles. The molecule has 2 aliphatic rings. The largest absolute Gasteiger partial charge is 0.309 e. The maximum atomic E-state index is 12.5. The summed E-state index contributed by atoms with van der Waals surface area (Å²) in [6.07, 6.45) is 2.47. The monoisotopic (exact) mass is 276 g/mol. The fourth-order valence-corrected chi connectivity index (χ4v) is 3.78. The normalized spacial score (nSPS) is 19.5. The fraction of sp³-hybridized carbons (Fsp3) is 0.533. The zero-order valence-corrected chi connectivity index (χ0v) is 12.2. The fourth-order valence-electron chi connectivity index (χ4n) is 2.80. The molecule has 3 rings (SSSR count). The number of aryl methyl sites for hydroxylation is 1. The number of nitrogens with zero attached hydrogens (tertiary/aromatic N) is 2. The third-order valence-electron chi connectivity index (χ3n) is 3.84. The topological polar surface area (TPSA) is 23.6 Å². The van der Waals surface area contributed by atoms with Crippen molar-refractivity contribution in [1.82, 2.24) is 4.90 Å². The molecule has 3 nitrogen and oxygen atoms in total. The molecule has 0 spiro atoms. The van der Waals surface area contributed by atoms with Crippen LogP contribution < -0.4 is 4.90 Å². The number of likely N-dealkylation sites (tertiary alicyclic amines) is 1. The van der Waals surface area contributed by atoms with Gasteiger partial charge >= 0.3 is 0 Å². The van der Waals surface area contributed by atoms with E-state index in [9.17, 15) is 4.79 Å². The van der Waals surface area contributed by atoms with Crippen LogP contribution in [0.3, 0.4) is 0 Å². The van der Waals surface area contributed by atoms with Crippen LogP contribution in [0.25, 0.3) is 0 Å². The Bertz CT molecular complexity index is 483. The minimum absolute atomic E-state index is 0.258. The van der Waals surface area contributed by atoms with Crippen LogP contribution >= 0.6 is 11.8 Å². The van der Waals surface area contributed by atoms with Crippen LogP contribution in [-0.2, 0) is 4.79 Å². The number of thioether (sulfide) groups is 1. The maximum Gasteiger partial charge on any atom is 0.241 e. The van der Waals surface area contributed by atoms with E-state index in [-0.39, 0.29) is 5.91 Å². The van der Waals surface area contributed by atoms with E-state index in [1.165, 1.54) is 23.3 Å². The molecule has 0 saturated carbocycles. The molecule has 1 aromatic carbocycles. The van der Waals surface area contributed by atoms with Crippen molar-refractivity contribution >= 4 is 23.4 Å². The number of benzene rings is 1. The molecule has 0 N–H and O–H groups in total. The lowest BCUT2D eigenvalue weighted by Crippen LogP contribution is -2.42. The van der Waals surface area contributed by atoms with Crippen molar-refractivity contribution in [2.75, 3.05) is 36.8 Å². The van der Waals surface area contributed by atoms with Gasteiger partial charge in [0, 0.05) is 17.2 Å². The van der Waals surface area contributed by atoms with E-state index in [1.54, 1.807) is 0 Å². The van der Waals surface area contributed by atoms with Crippen LogP contribution in [0.1, 0.15) is 18.4 Å². The standard InChI is InChI=1S/C15H20N2OS/c1-12-4-5-14-13(10-12)17(8-9-19-14)15(18)11-16-6-2-3-7-16/h4-5,10H,2-3,6-9,11H2,1H3. The summed E-state index contributed by atoms with van der Waals surface area (Å²) in [6, 6.07) is 6.41. The molecule has 102 valence electrons. The molecule has 1 aromatic rings. The lowest BCUT2D eigenvalue weighted by Gasteiger charge is -2.30. The number of anilines is 1. The van der Waals surface area contributed by atoms with Gasteiger partial charge in [-0.05, 0) is 50.6 Å². The van der Waals surface area contributed by atoms with E-state index in [1.807, 2.05) is 16.7 Å². The van der Waals surface area contributed by atoms with E-state index in [0.29, 0.717) is 6.54 Å². The highest BCUT2D eigenvalue weighted by Gasteiger charge is 2.25. The molecule has 0 radical (unpaired) electrons. The summed E-state index contributed by atoms with van der Waals surface area (Å²) in [5.74, 6) is 1.26. The lowest BCUT2D eigenvalue weighted by atomic mass is 10.2. The van der Waals surface area contributed by atoms with Gasteiger partial charge in [-0.1, -0.05) is 6.07 Å². The molecular formula is C15H20N2OS. The van der Waals surface area contributed by atoms with Gasteiger partial charge in [0.25, 0.3) is 0 Å². The highest BCUT2D eigenvalue weighted by atomic mass is 32.2. The summed E-state index contributed by atoms with van der Waals surface area (Å²) in [4.78, 5) is 18.0. The van der Waals surface area contributed by atoms with Crippen molar-refractivity contribution in [1.29, 1.82) is 0 Å². The smallest absolute Gasteiger partial charge is 0.241 e. The quantitative estimate of drug-likeness (QED) is 0.829. The van der Waals surface area contributed by atoms with Crippen molar-refractivity contribution in [3.63, 3.8) is 0 Å². The third-order valence-corrected chi connectivity index (χ3v) is 4.88. The average Bonchev–Trinajstić information content (AvgIpc) is 2.90. The number of hydrogen-bond acceptors (Lipinski definition) is 3. The SMILES string of the molecule is Cc1ccc2c(c1)N(C(=O)CN1CCCC1)CCS2. The summed E-state index contributed by atoms with van der Waals surface area (Å²) in [5.41, 5.74) is 2.33. The summed E-state index contributed by atoms with van der Waals surface area (Å²) in [7, 11) is 0. The molecule has 2 heterocycles. The molecule has 0 bridgehead atoms. The second-order valence-corrected chi connectivity index (χ2v) is 6.49. The first-order valence-electron chi connectivity index (χ1n) is 7.00. The van der Waals surface area contributed by atoms with Crippen LogP contribution in [0.5, 0.6) is 0 Å². The molecular weight excluding hydrogens is 256 g/mol. The Morgan fingerprint density at radius 3 is 2.84 bits per heavy atom. The van der Waals surface area contributed by atoms with E-state index in [4.69, 9.17) is 0 Å². The van der Waals surface area contributed by atoms with Gasteiger partial charge in [-0.3, -0.25) is 9.69 Å². The number of amides is 1. The molecule has 1 saturated heterocycles. The van der Waals surface area contributed by atoms with Crippen LogP contribution in [0.15, 0.2) is 23.1 Å². The van der Waals surface area contributed by atoms with Gasteiger partial charge in [0.2, 0.25) is 5.91 Å². The Morgan fingerprint density at radius 1 is 1.26 bits per heavy atom. The van der Waals surface area contributed by atoms with Crippen LogP contribution in [0.4, 0.5) is 5.69 Å². The number of carbonyl (C=O) groups excluding carboxylic acids is 1. The molecule has 0 unspecified atom stereocenters. The van der Waals surface area contributed by atoms with E-state index >= 15 is 0 Å². The van der Waals surface area contributed by atoms with Crippen molar-refractivity contribution in [3.8, 4) is 0 Å². The number of hydrogen-bond donors (Lipinski definition) is 0. The summed E-state index contributed by atoms with van der Waals surface area (Å²) in [5, 5.41) is 0. The van der Waals surface area contributed by atoms with Crippen molar-refractivity contribution in [2.45, 2.75) is 24.7 Å². The van der Waals surface area contributed by atoms with Gasteiger partial charge in [0.05, 0.1) is 12.2 Å². The Labute approximate surface area is 119 Å². The van der Waals surface area contributed by atoms with Crippen molar-refractivity contribution < 1.29 is 4.79 Å². The van der Waals surface area contributed by atoms with Gasteiger partial charge in [-0.2, -0.15) is 0 Å². The van der Waals surface area contributed by atoms with Crippen molar-refractivity contribution in [3.05, 3.63) is 23.8 Å². The number of fused-ring (bicyclic) bond motifs is 1. The Balaban J connectivity index is 1.78. The zero-order chi connectivity index (χ0) is 13.2. The van der Waals surface area contributed by atoms with Gasteiger partial charge in [0.1, 0.15) is 0 Å². The first kappa shape index (κ1) is 13.0. The first-order valence-corrected chi connectivity index (χ1v) is 7.99. The zero-order valence-electron chi connectivity index (χ0n) is 11.4. The Kier molecular flexibility index (Phi) is 3.80. The van der Waals surface area contributed by atoms with Crippen LogP contribution in [-0.4, -0.2) is 42.7 Å². The van der Waals surface area contributed by atoms with Gasteiger partial charge in [-0.25, -0.2) is 0 Å². The summed E-state index contributed by atoms with van der Waals surface area (Å²) < 4.78 is 0. The minimum atomic E-state index is 0.258. The highest BCUT2D eigenvalue weighted by Crippen LogP contribution is 2.35. The molecule has 1 amide bonds. The second kappa shape index (κ2) is 5.55. The summed E-state index contributed by atoms with van der Waals surface area (Å²) >= 11 is 1.85. The van der Waals surface area contributed by atoms with Crippen LogP contribution in [0.2, 0.25) is 0 Å². The Morgan fingerprint density at radius 2 is 2.05 bits per heavy atom. The Hall–Kier alpha value is -1.000. The van der Waals surface area contributed by atoms with Gasteiger partial charge < -0.3 is 4.90 Å².